The molecule has 0 radical (unpaired) electrons. The molecule has 0 saturated carbocycles. The van der Waals surface area contributed by atoms with Crippen LogP contribution in [0.3, 0.4) is 0 Å². The van der Waals surface area contributed by atoms with Crippen molar-refractivity contribution in [2.24, 2.45) is 0 Å². The second-order valence-electron chi connectivity index (χ2n) is 3.87. The van der Waals surface area contributed by atoms with Gasteiger partial charge >= 0.3 is 0 Å². The van der Waals surface area contributed by atoms with Gasteiger partial charge < -0.3 is 4.74 Å². The van der Waals surface area contributed by atoms with Crippen LogP contribution >= 0.6 is 50.7 Å². The highest BCUT2D eigenvalue weighted by Crippen LogP contribution is 2.29. The van der Waals surface area contributed by atoms with E-state index in [2.05, 4.69) is 15.9 Å². The first-order valence-corrected chi connectivity index (χ1v) is 7.77. The van der Waals surface area contributed by atoms with E-state index in [1.54, 1.807) is 24.3 Å². The Kier molecular flexibility index (Phi) is 5.40. The lowest BCUT2D eigenvalue weighted by molar-refractivity contribution is 0.304. The van der Waals surface area contributed by atoms with Crippen molar-refractivity contribution in [3.05, 3.63) is 62.6 Å². The zero-order chi connectivity index (χ0) is 13.8. The minimum absolute atomic E-state index is 0.320. The Hall–Kier alpha value is -0.410. The standard InChI is InChI=1S/C14H10BrCl3O/c15-7-9-6-10(16)4-5-14(9)19-8-11-12(17)2-1-3-13(11)18/h1-6H,7-8H2. The fraction of sp³-hybridized carbons (Fsp3) is 0.143. The molecule has 0 saturated heterocycles. The molecule has 0 aliphatic carbocycles. The van der Waals surface area contributed by atoms with Crippen molar-refractivity contribution in [2.75, 3.05) is 0 Å². The Labute approximate surface area is 135 Å². The number of ether oxygens (including phenoxy) is 1. The third kappa shape index (κ3) is 3.79. The Bertz CT molecular complexity index is 567. The van der Waals surface area contributed by atoms with Crippen molar-refractivity contribution < 1.29 is 4.74 Å². The predicted molar refractivity (Wildman–Crippen MR) is 84.9 cm³/mol. The van der Waals surface area contributed by atoms with E-state index in [1.807, 2.05) is 12.1 Å². The average molecular weight is 380 g/mol. The first-order chi connectivity index (χ1) is 9.11. The Balaban J connectivity index is 2.19. The van der Waals surface area contributed by atoms with Crippen LogP contribution in [0.1, 0.15) is 11.1 Å². The average Bonchev–Trinajstić information content (AvgIpc) is 2.39. The van der Waals surface area contributed by atoms with Gasteiger partial charge in [-0.2, -0.15) is 0 Å². The van der Waals surface area contributed by atoms with Crippen LogP contribution in [0, 0.1) is 0 Å². The maximum absolute atomic E-state index is 6.10. The third-order valence-electron chi connectivity index (χ3n) is 2.60. The molecule has 2 aromatic carbocycles. The molecule has 0 unspecified atom stereocenters. The molecule has 0 heterocycles. The normalized spacial score (nSPS) is 10.5. The topological polar surface area (TPSA) is 9.23 Å². The summed E-state index contributed by atoms with van der Waals surface area (Å²) in [6, 6.07) is 10.9. The zero-order valence-electron chi connectivity index (χ0n) is 9.80. The Morgan fingerprint density at radius 2 is 1.68 bits per heavy atom. The monoisotopic (exact) mass is 378 g/mol. The van der Waals surface area contributed by atoms with E-state index < -0.39 is 0 Å². The molecule has 0 N–H and O–H groups in total. The van der Waals surface area contributed by atoms with Crippen molar-refractivity contribution in [1.82, 2.24) is 0 Å². The summed E-state index contributed by atoms with van der Waals surface area (Å²) >= 11 is 21.6. The number of hydrogen-bond acceptors (Lipinski definition) is 1. The number of halogens is 4. The Morgan fingerprint density at radius 1 is 1.00 bits per heavy atom. The summed E-state index contributed by atoms with van der Waals surface area (Å²) in [5.41, 5.74) is 1.76. The number of hydrogen-bond donors (Lipinski definition) is 0. The second-order valence-corrected chi connectivity index (χ2v) is 5.69. The molecule has 0 aromatic heterocycles. The van der Waals surface area contributed by atoms with Crippen LogP contribution in [0.5, 0.6) is 5.75 Å². The molecule has 1 nitrogen and oxygen atoms in total. The van der Waals surface area contributed by atoms with Gasteiger partial charge in [-0.05, 0) is 30.3 Å². The van der Waals surface area contributed by atoms with Gasteiger partial charge in [-0.15, -0.1) is 0 Å². The van der Waals surface area contributed by atoms with Gasteiger partial charge in [0.15, 0.2) is 0 Å². The van der Waals surface area contributed by atoms with Crippen LogP contribution in [0.15, 0.2) is 36.4 Å². The molecule has 0 fully saturated rings. The summed E-state index contributed by atoms with van der Waals surface area (Å²) in [4.78, 5) is 0. The highest BCUT2D eigenvalue weighted by Gasteiger charge is 2.08. The molecular formula is C14H10BrCl3O. The highest BCUT2D eigenvalue weighted by atomic mass is 79.9. The van der Waals surface area contributed by atoms with Crippen LogP contribution in [-0.2, 0) is 11.9 Å². The van der Waals surface area contributed by atoms with Crippen molar-refractivity contribution in [3.63, 3.8) is 0 Å². The minimum atomic E-state index is 0.320. The summed E-state index contributed by atoms with van der Waals surface area (Å²) in [6.07, 6.45) is 0. The van der Waals surface area contributed by atoms with Crippen molar-refractivity contribution in [3.8, 4) is 5.75 Å². The first kappa shape index (κ1) is 15.0. The quantitative estimate of drug-likeness (QED) is 0.581. The maximum atomic E-state index is 6.10. The SMILES string of the molecule is Clc1ccc(OCc2c(Cl)cccc2Cl)c(CBr)c1. The van der Waals surface area contributed by atoms with E-state index in [-0.39, 0.29) is 0 Å². The summed E-state index contributed by atoms with van der Waals surface area (Å²) in [7, 11) is 0. The lowest BCUT2D eigenvalue weighted by Crippen LogP contribution is -1.99. The van der Waals surface area contributed by atoms with Gasteiger partial charge in [0.1, 0.15) is 12.4 Å². The molecule has 2 aromatic rings. The summed E-state index contributed by atoms with van der Waals surface area (Å²) in [5, 5.41) is 2.54. The largest absolute Gasteiger partial charge is 0.488 e. The van der Waals surface area contributed by atoms with E-state index in [1.165, 1.54) is 0 Å². The predicted octanol–water partition coefficient (Wildman–Crippen LogP) is 6.12. The van der Waals surface area contributed by atoms with Gasteiger partial charge in [-0.1, -0.05) is 56.8 Å². The van der Waals surface area contributed by atoms with Crippen molar-refractivity contribution in [2.45, 2.75) is 11.9 Å². The lowest BCUT2D eigenvalue weighted by Gasteiger charge is -2.12. The van der Waals surface area contributed by atoms with E-state index in [0.29, 0.717) is 27.0 Å². The maximum Gasteiger partial charge on any atom is 0.123 e. The molecule has 0 spiro atoms. The molecule has 0 aliphatic heterocycles. The van der Waals surface area contributed by atoms with Crippen LogP contribution in [0.25, 0.3) is 0 Å². The molecule has 5 heteroatoms. The summed E-state index contributed by atoms with van der Waals surface area (Å²) in [5.74, 6) is 0.761. The molecule has 19 heavy (non-hydrogen) atoms. The summed E-state index contributed by atoms with van der Waals surface area (Å²) < 4.78 is 5.77. The third-order valence-corrected chi connectivity index (χ3v) is 4.15. The van der Waals surface area contributed by atoms with Crippen LogP contribution in [0.4, 0.5) is 0 Å². The van der Waals surface area contributed by atoms with Crippen LogP contribution < -0.4 is 4.74 Å². The lowest BCUT2D eigenvalue weighted by atomic mass is 10.2. The first-order valence-electron chi connectivity index (χ1n) is 5.52. The van der Waals surface area contributed by atoms with Crippen LogP contribution in [-0.4, -0.2) is 0 Å². The zero-order valence-corrected chi connectivity index (χ0v) is 13.7. The van der Waals surface area contributed by atoms with Gasteiger partial charge in [-0.25, -0.2) is 0 Å². The van der Waals surface area contributed by atoms with Gasteiger partial charge in [-0.3, -0.25) is 0 Å². The molecular weight excluding hydrogens is 370 g/mol. The molecule has 2 rings (SSSR count). The van der Waals surface area contributed by atoms with E-state index in [0.717, 1.165) is 16.9 Å². The molecule has 0 atom stereocenters. The smallest absolute Gasteiger partial charge is 0.123 e. The highest BCUT2D eigenvalue weighted by molar-refractivity contribution is 9.08. The van der Waals surface area contributed by atoms with Crippen molar-refractivity contribution in [1.29, 1.82) is 0 Å². The van der Waals surface area contributed by atoms with Gasteiger partial charge in [0, 0.05) is 31.5 Å². The van der Waals surface area contributed by atoms with Gasteiger partial charge in [0.05, 0.1) is 0 Å². The molecule has 0 aliphatic rings. The summed E-state index contributed by atoms with van der Waals surface area (Å²) in [6.45, 7) is 0.320. The number of rotatable bonds is 4. The van der Waals surface area contributed by atoms with E-state index in [9.17, 15) is 0 Å². The van der Waals surface area contributed by atoms with Crippen LogP contribution in [0.2, 0.25) is 15.1 Å². The van der Waals surface area contributed by atoms with E-state index >= 15 is 0 Å². The molecule has 0 bridgehead atoms. The molecule has 0 amide bonds. The minimum Gasteiger partial charge on any atom is -0.488 e. The molecule has 100 valence electrons. The fourth-order valence-electron chi connectivity index (χ4n) is 1.61. The van der Waals surface area contributed by atoms with Crippen molar-refractivity contribution >= 4 is 50.7 Å². The Morgan fingerprint density at radius 3 is 2.32 bits per heavy atom. The van der Waals surface area contributed by atoms with Gasteiger partial charge in [0.2, 0.25) is 0 Å². The second kappa shape index (κ2) is 6.85. The fourth-order valence-corrected chi connectivity index (χ4v) is 2.75. The van der Waals surface area contributed by atoms with Gasteiger partial charge in [0.25, 0.3) is 0 Å². The number of alkyl halides is 1. The number of benzene rings is 2. The van der Waals surface area contributed by atoms with E-state index in [4.69, 9.17) is 39.5 Å².